The Morgan fingerprint density at radius 1 is 0.412 bits per heavy atom. The van der Waals surface area contributed by atoms with Gasteiger partial charge in [-0.3, -0.25) is 4.90 Å². The Morgan fingerprint density at radius 2 is 0.794 bits per heavy atom. The third-order valence-corrected chi connectivity index (χ3v) is 7.98. The van der Waals surface area contributed by atoms with Crippen LogP contribution in [0.5, 0.6) is 0 Å². The fraction of sp³-hybridized carbons (Fsp3) is 1.00. The van der Waals surface area contributed by atoms with Crippen molar-refractivity contribution in [3.8, 4) is 0 Å². The molecule has 0 rings (SSSR count). The largest absolute Gasteiger partial charge is 0.304 e. The van der Waals surface area contributed by atoms with Gasteiger partial charge in [-0.1, -0.05) is 130 Å². The first-order chi connectivity index (χ1) is 16.5. The van der Waals surface area contributed by atoms with Gasteiger partial charge in [0.1, 0.15) is 0 Å². The minimum atomic E-state index is 0.384. The van der Waals surface area contributed by atoms with Crippen LogP contribution in [0.25, 0.3) is 0 Å². The zero-order valence-electron chi connectivity index (χ0n) is 25.1. The van der Waals surface area contributed by atoms with E-state index in [0.29, 0.717) is 5.54 Å². The molecular weight excluding hydrogens is 412 g/mol. The average molecular weight is 481 g/mol. The van der Waals surface area contributed by atoms with Crippen LogP contribution >= 0.6 is 0 Å². The predicted molar refractivity (Wildman–Crippen MR) is 157 cm³/mol. The lowest BCUT2D eigenvalue weighted by Crippen LogP contribution is -2.44. The second-order valence-corrected chi connectivity index (χ2v) is 11.6. The molecule has 0 aliphatic carbocycles. The van der Waals surface area contributed by atoms with Crippen LogP contribution in [0.3, 0.4) is 0 Å². The summed E-state index contributed by atoms with van der Waals surface area (Å²) in [7, 11) is 0. The van der Waals surface area contributed by atoms with Crippen LogP contribution < -0.4 is 0 Å². The molecule has 34 heavy (non-hydrogen) atoms. The van der Waals surface area contributed by atoms with E-state index in [1.807, 2.05) is 0 Å². The Labute approximate surface area is 218 Å². The smallest absolute Gasteiger partial charge is 0.0153 e. The highest BCUT2D eigenvalue weighted by atomic mass is 15.2. The molecule has 0 aromatic heterocycles. The van der Waals surface area contributed by atoms with E-state index < -0.39 is 0 Å². The number of nitrogens with zero attached hydrogens (tertiary/aromatic N) is 2. The second-order valence-electron chi connectivity index (χ2n) is 11.6. The van der Waals surface area contributed by atoms with Crippen LogP contribution in [0, 0.1) is 0 Å². The Balaban J connectivity index is 3.31. The van der Waals surface area contributed by atoms with Crippen molar-refractivity contribution < 1.29 is 0 Å². The van der Waals surface area contributed by atoms with Crippen molar-refractivity contribution in [1.29, 1.82) is 0 Å². The van der Waals surface area contributed by atoms with Gasteiger partial charge in [-0.15, -0.1) is 0 Å². The molecule has 0 amide bonds. The van der Waals surface area contributed by atoms with Crippen molar-refractivity contribution in [3.05, 3.63) is 0 Å². The zero-order chi connectivity index (χ0) is 25.3. The molecule has 0 bridgehead atoms. The predicted octanol–water partition coefficient (Wildman–Crippen LogP) is 10.3. The molecule has 2 nitrogen and oxygen atoms in total. The maximum absolute atomic E-state index is 2.67. The van der Waals surface area contributed by atoms with Crippen LogP contribution in [0.2, 0.25) is 0 Å². The number of hydrogen-bond donors (Lipinski definition) is 0. The number of unbranched alkanes of at least 4 members (excludes halogenated alkanes) is 16. The molecule has 0 saturated heterocycles. The van der Waals surface area contributed by atoms with Crippen LogP contribution in [0.1, 0.15) is 170 Å². The molecule has 0 fully saturated rings. The summed E-state index contributed by atoms with van der Waals surface area (Å²) in [5.41, 5.74) is 0.384. The molecule has 0 unspecified atom stereocenters. The molecule has 0 aliphatic rings. The number of rotatable bonds is 27. The van der Waals surface area contributed by atoms with Crippen molar-refractivity contribution >= 4 is 0 Å². The molecule has 0 aromatic carbocycles. The van der Waals surface area contributed by atoms with E-state index in [2.05, 4.69) is 51.3 Å². The van der Waals surface area contributed by atoms with Gasteiger partial charge in [0.05, 0.1) is 0 Å². The maximum atomic E-state index is 2.67. The molecular formula is C32H68N2. The molecule has 0 saturated carbocycles. The SMILES string of the molecule is CCCN(CC)CCCCCCCCCCCCCCCCCCCC(C)(C)N(CC)CCC. The highest BCUT2D eigenvalue weighted by Gasteiger charge is 2.23. The highest BCUT2D eigenvalue weighted by molar-refractivity contribution is 4.80. The fourth-order valence-corrected chi connectivity index (χ4v) is 5.61. The van der Waals surface area contributed by atoms with E-state index >= 15 is 0 Å². The number of hydrogen-bond acceptors (Lipinski definition) is 2. The highest BCUT2D eigenvalue weighted by Crippen LogP contribution is 2.23. The molecule has 0 atom stereocenters. The quantitative estimate of drug-likeness (QED) is 0.108. The minimum Gasteiger partial charge on any atom is -0.304 e. The van der Waals surface area contributed by atoms with Gasteiger partial charge >= 0.3 is 0 Å². The standard InChI is InChI=1S/C32H68N2/c1-7-29-33(9-3)31-27-25-23-21-19-17-15-13-11-12-14-16-18-20-22-24-26-28-32(5,6)34(10-4)30-8-2/h7-31H2,1-6H3. The summed E-state index contributed by atoms with van der Waals surface area (Å²) >= 11 is 0. The first kappa shape index (κ1) is 33.9. The maximum Gasteiger partial charge on any atom is 0.0153 e. The first-order valence-electron chi connectivity index (χ1n) is 16.0. The first-order valence-corrected chi connectivity index (χ1v) is 16.0. The lowest BCUT2D eigenvalue weighted by molar-refractivity contribution is 0.115. The minimum absolute atomic E-state index is 0.384. The van der Waals surface area contributed by atoms with Crippen LogP contribution in [-0.4, -0.2) is 48.1 Å². The molecule has 0 aliphatic heterocycles. The average Bonchev–Trinajstić information content (AvgIpc) is 2.82. The molecule has 2 heteroatoms. The van der Waals surface area contributed by atoms with Crippen molar-refractivity contribution in [2.75, 3.05) is 32.7 Å². The third-order valence-electron chi connectivity index (χ3n) is 7.98. The van der Waals surface area contributed by atoms with Gasteiger partial charge < -0.3 is 4.90 Å². The lowest BCUT2D eigenvalue weighted by atomic mass is 9.93. The normalized spacial score (nSPS) is 12.4. The molecule has 206 valence electrons. The Kier molecular flexibility index (Phi) is 24.5. The molecule has 0 N–H and O–H groups in total. The van der Waals surface area contributed by atoms with Crippen LogP contribution in [-0.2, 0) is 0 Å². The summed E-state index contributed by atoms with van der Waals surface area (Å²) in [4.78, 5) is 5.28. The van der Waals surface area contributed by atoms with E-state index in [1.165, 1.54) is 161 Å². The molecule has 0 aromatic rings. The van der Waals surface area contributed by atoms with E-state index in [4.69, 9.17) is 0 Å². The Morgan fingerprint density at radius 3 is 1.15 bits per heavy atom. The van der Waals surface area contributed by atoms with E-state index in [-0.39, 0.29) is 0 Å². The van der Waals surface area contributed by atoms with Gasteiger partial charge in [-0.05, 0) is 72.3 Å². The Bertz CT molecular complexity index is 392. The molecule has 0 radical (unpaired) electrons. The summed E-state index contributed by atoms with van der Waals surface area (Å²) in [5.74, 6) is 0. The summed E-state index contributed by atoms with van der Waals surface area (Å²) in [6, 6.07) is 0. The van der Waals surface area contributed by atoms with E-state index in [9.17, 15) is 0 Å². The monoisotopic (exact) mass is 481 g/mol. The van der Waals surface area contributed by atoms with Crippen LogP contribution in [0.4, 0.5) is 0 Å². The second kappa shape index (κ2) is 24.6. The van der Waals surface area contributed by atoms with Gasteiger partial charge in [-0.25, -0.2) is 0 Å². The summed E-state index contributed by atoms with van der Waals surface area (Å²) < 4.78 is 0. The van der Waals surface area contributed by atoms with Crippen LogP contribution in [0.15, 0.2) is 0 Å². The topological polar surface area (TPSA) is 6.48 Å². The van der Waals surface area contributed by atoms with Gasteiger partial charge in [0.25, 0.3) is 0 Å². The lowest BCUT2D eigenvalue weighted by Gasteiger charge is -2.38. The van der Waals surface area contributed by atoms with E-state index in [1.54, 1.807) is 0 Å². The van der Waals surface area contributed by atoms with Gasteiger partial charge in [0.2, 0.25) is 0 Å². The van der Waals surface area contributed by atoms with Gasteiger partial charge in [0.15, 0.2) is 0 Å². The van der Waals surface area contributed by atoms with Gasteiger partial charge in [0, 0.05) is 5.54 Å². The summed E-state index contributed by atoms with van der Waals surface area (Å²) in [5, 5.41) is 0. The molecule has 0 spiro atoms. The van der Waals surface area contributed by atoms with Gasteiger partial charge in [-0.2, -0.15) is 0 Å². The van der Waals surface area contributed by atoms with Crippen molar-refractivity contribution in [1.82, 2.24) is 9.80 Å². The third kappa shape index (κ3) is 20.1. The van der Waals surface area contributed by atoms with Crippen molar-refractivity contribution in [2.24, 2.45) is 0 Å². The summed E-state index contributed by atoms with van der Waals surface area (Å²) in [6.07, 6.45) is 28.7. The zero-order valence-corrected chi connectivity index (χ0v) is 25.1. The van der Waals surface area contributed by atoms with Crippen molar-refractivity contribution in [3.63, 3.8) is 0 Å². The fourth-order valence-electron chi connectivity index (χ4n) is 5.61. The van der Waals surface area contributed by atoms with E-state index in [0.717, 1.165) is 0 Å². The van der Waals surface area contributed by atoms with Crippen molar-refractivity contribution in [2.45, 2.75) is 175 Å². The summed E-state index contributed by atoms with van der Waals surface area (Å²) in [6.45, 7) is 20.4. The Hall–Kier alpha value is -0.0800. The molecule has 0 heterocycles.